The van der Waals surface area contributed by atoms with Crippen molar-refractivity contribution >= 4 is 23.2 Å². The highest BCUT2D eigenvalue weighted by atomic mass is 35.5. The Morgan fingerprint density at radius 1 is 1.00 bits per heavy atom. The van der Waals surface area contributed by atoms with Crippen LogP contribution in [-0.2, 0) is 6.42 Å². The lowest BCUT2D eigenvalue weighted by Gasteiger charge is -2.21. The fourth-order valence-corrected chi connectivity index (χ4v) is 2.69. The maximum absolute atomic E-state index is 6.14. The van der Waals surface area contributed by atoms with Crippen molar-refractivity contribution in [3.8, 4) is 0 Å². The lowest BCUT2D eigenvalue weighted by Crippen LogP contribution is -2.23. The van der Waals surface area contributed by atoms with Crippen LogP contribution in [0.15, 0.2) is 42.5 Å². The molecule has 1 N–H and O–H groups in total. The molecule has 0 fully saturated rings. The number of hydrogen-bond donors (Lipinski definition) is 1. The molecule has 106 valence electrons. The van der Waals surface area contributed by atoms with Gasteiger partial charge in [-0.2, -0.15) is 0 Å². The molecule has 0 saturated carbocycles. The molecule has 0 aliphatic heterocycles. The summed E-state index contributed by atoms with van der Waals surface area (Å²) in [5.41, 5.74) is 3.78. The predicted octanol–water partition coefficient (Wildman–Crippen LogP) is 5.20. The topological polar surface area (TPSA) is 12.0 Å². The van der Waals surface area contributed by atoms with Crippen molar-refractivity contribution in [1.29, 1.82) is 0 Å². The van der Waals surface area contributed by atoms with Crippen LogP contribution >= 0.6 is 23.2 Å². The maximum atomic E-state index is 6.14. The van der Waals surface area contributed by atoms with Crippen LogP contribution in [0, 0.1) is 6.92 Å². The molecule has 1 atom stereocenters. The third-order valence-corrected chi connectivity index (χ3v) is 3.91. The Kier molecular flexibility index (Phi) is 5.47. The highest BCUT2D eigenvalue weighted by Crippen LogP contribution is 2.25. The van der Waals surface area contributed by atoms with Crippen molar-refractivity contribution in [3.63, 3.8) is 0 Å². The van der Waals surface area contributed by atoms with E-state index in [9.17, 15) is 0 Å². The van der Waals surface area contributed by atoms with E-state index >= 15 is 0 Å². The van der Waals surface area contributed by atoms with E-state index in [1.807, 2.05) is 18.2 Å². The monoisotopic (exact) mass is 307 g/mol. The minimum Gasteiger partial charge on any atom is -0.310 e. The minimum absolute atomic E-state index is 0.264. The van der Waals surface area contributed by atoms with E-state index < -0.39 is 0 Å². The van der Waals surface area contributed by atoms with Gasteiger partial charge in [0.2, 0.25) is 0 Å². The molecule has 3 heteroatoms. The van der Waals surface area contributed by atoms with E-state index in [0.717, 1.165) is 23.0 Å². The molecule has 20 heavy (non-hydrogen) atoms. The summed E-state index contributed by atoms with van der Waals surface area (Å²) in [6.07, 6.45) is 0.923. The summed E-state index contributed by atoms with van der Waals surface area (Å²) in [6.45, 7) is 5.16. The van der Waals surface area contributed by atoms with E-state index in [1.165, 1.54) is 16.7 Å². The Morgan fingerprint density at radius 3 is 2.30 bits per heavy atom. The van der Waals surface area contributed by atoms with Gasteiger partial charge in [0.15, 0.2) is 0 Å². The van der Waals surface area contributed by atoms with Gasteiger partial charge in [-0.3, -0.25) is 0 Å². The summed E-state index contributed by atoms with van der Waals surface area (Å²) in [6, 6.07) is 14.4. The number of benzene rings is 2. The van der Waals surface area contributed by atoms with E-state index in [4.69, 9.17) is 23.2 Å². The highest BCUT2D eigenvalue weighted by molar-refractivity contribution is 6.30. The smallest absolute Gasteiger partial charge is 0.0409 e. The van der Waals surface area contributed by atoms with Crippen LogP contribution < -0.4 is 5.32 Å². The van der Waals surface area contributed by atoms with E-state index in [-0.39, 0.29) is 6.04 Å². The normalized spacial score (nSPS) is 12.4. The van der Waals surface area contributed by atoms with Gasteiger partial charge >= 0.3 is 0 Å². The third-order valence-electron chi connectivity index (χ3n) is 3.42. The predicted molar refractivity (Wildman–Crippen MR) is 87.8 cm³/mol. The highest BCUT2D eigenvalue weighted by Gasteiger charge is 2.14. The fraction of sp³-hybridized carbons (Fsp3) is 0.294. The van der Waals surface area contributed by atoms with E-state index in [0.29, 0.717) is 0 Å². The summed E-state index contributed by atoms with van der Waals surface area (Å²) in [5, 5.41) is 5.09. The molecular weight excluding hydrogens is 289 g/mol. The molecule has 2 aromatic rings. The van der Waals surface area contributed by atoms with Crippen LogP contribution in [0.5, 0.6) is 0 Å². The molecule has 0 saturated heterocycles. The lowest BCUT2D eigenvalue weighted by atomic mass is 9.95. The quantitative estimate of drug-likeness (QED) is 0.801. The van der Waals surface area contributed by atoms with Crippen LogP contribution in [0.2, 0.25) is 10.0 Å². The first kappa shape index (κ1) is 15.4. The SMILES string of the molecule is CCNC(Cc1ccc(Cl)cc1)c1cc(Cl)ccc1C. The van der Waals surface area contributed by atoms with Crippen LogP contribution in [-0.4, -0.2) is 6.54 Å². The fourth-order valence-electron chi connectivity index (χ4n) is 2.38. The van der Waals surface area contributed by atoms with Crippen molar-refractivity contribution < 1.29 is 0 Å². The van der Waals surface area contributed by atoms with Crippen molar-refractivity contribution in [2.24, 2.45) is 0 Å². The number of halogens is 2. The Morgan fingerprint density at radius 2 is 1.65 bits per heavy atom. The summed E-state index contributed by atoms with van der Waals surface area (Å²) < 4.78 is 0. The van der Waals surface area contributed by atoms with Crippen molar-refractivity contribution in [2.45, 2.75) is 26.3 Å². The molecule has 1 unspecified atom stereocenters. The largest absolute Gasteiger partial charge is 0.310 e. The standard InChI is InChI=1S/C17H19Cl2N/c1-3-20-17(10-13-5-8-14(18)9-6-13)16-11-15(19)7-4-12(16)2/h4-9,11,17,20H,3,10H2,1-2H3. The van der Waals surface area contributed by atoms with E-state index in [1.54, 1.807) is 0 Å². The Hall–Kier alpha value is -1.02. The summed E-state index contributed by atoms with van der Waals surface area (Å²) in [5.74, 6) is 0. The van der Waals surface area contributed by atoms with Gasteiger partial charge in [0.1, 0.15) is 0 Å². The van der Waals surface area contributed by atoms with Crippen LogP contribution in [0.4, 0.5) is 0 Å². The Labute approximate surface area is 130 Å². The third kappa shape index (κ3) is 3.99. The van der Waals surface area contributed by atoms with Gasteiger partial charge in [-0.25, -0.2) is 0 Å². The summed E-state index contributed by atoms with van der Waals surface area (Å²) in [7, 11) is 0. The van der Waals surface area contributed by atoms with Crippen LogP contribution in [0.1, 0.15) is 29.7 Å². The number of hydrogen-bond acceptors (Lipinski definition) is 1. The van der Waals surface area contributed by atoms with Crippen molar-refractivity contribution in [3.05, 3.63) is 69.2 Å². The molecule has 0 radical (unpaired) electrons. The molecule has 0 aliphatic carbocycles. The van der Waals surface area contributed by atoms with Gasteiger partial charge in [0.25, 0.3) is 0 Å². The summed E-state index contributed by atoms with van der Waals surface area (Å²) in [4.78, 5) is 0. The second-order valence-corrected chi connectivity index (χ2v) is 5.81. The second-order valence-electron chi connectivity index (χ2n) is 4.94. The Bertz CT molecular complexity index is 564. The molecule has 1 nitrogen and oxygen atoms in total. The average Bonchev–Trinajstić information content (AvgIpc) is 2.43. The number of likely N-dealkylation sites (N-methyl/N-ethyl adjacent to an activating group) is 1. The average molecular weight is 308 g/mol. The molecular formula is C17H19Cl2N. The summed E-state index contributed by atoms with van der Waals surface area (Å²) >= 11 is 12.1. The zero-order valence-electron chi connectivity index (χ0n) is 11.8. The Balaban J connectivity index is 2.26. The number of aryl methyl sites for hydroxylation is 1. The van der Waals surface area contributed by atoms with Crippen LogP contribution in [0.3, 0.4) is 0 Å². The first-order valence-electron chi connectivity index (χ1n) is 6.84. The molecule has 0 heterocycles. The maximum Gasteiger partial charge on any atom is 0.0409 e. The van der Waals surface area contributed by atoms with Crippen molar-refractivity contribution in [2.75, 3.05) is 6.54 Å². The van der Waals surface area contributed by atoms with Crippen molar-refractivity contribution in [1.82, 2.24) is 5.32 Å². The molecule has 0 aromatic heterocycles. The zero-order valence-corrected chi connectivity index (χ0v) is 13.3. The van der Waals surface area contributed by atoms with Gasteiger partial charge in [-0.1, -0.05) is 48.3 Å². The van der Waals surface area contributed by atoms with Gasteiger partial charge in [-0.15, -0.1) is 0 Å². The van der Waals surface area contributed by atoms with Crippen LogP contribution in [0.25, 0.3) is 0 Å². The van der Waals surface area contributed by atoms with Gasteiger partial charge in [0, 0.05) is 16.1 Å². The zero-order chi connectivity index (χ0) is 14.5. The minimum atomic E-state index is 0.264. The molecule has 0 bridgehead atoms. The molecule has 2 aromatic carbocycles. The van der Waals surface area contributed by atoms with E-state index in [2.05, 4.69) is 43.4 Å². The first-order valence-corrected chi connectivity index (χ1v) is 7.59. The second kappa shape index (κ2) is 7.12. The van der Waals surface area contributed by atoms with Gasteiger partial charge < -0.3 is 5.32 Å². The number of nitrogens with one attached hydrogen (secondary N) is 1. The lowest BCUT2D eigenvalue weighted by molar-refractivity contribution is 0.547. The molecule has 0 amide bonds. The molecule has 0 aliphatic rings. The molecule has 2 rings (SSSR count). The number of rotatable bonds is 5. The molecule has 0 spiro atoms. The van der Waals surface area contributed by atoms with Gasteiger partial charge in [-0.05, 0) is 60.8 Å². The first-order chi connectivity index (χ1) is 9.60. The van der Waals surface area contributed by atoms with Gasteiger partial charge in [0.05, 0.1) is 0 Å².